The van der Waals surface area contributed by atoms with Crippen LogP contribution in [-0.2, 0) is 5.41 Å². The van der Waals surface area contributed by atoms with Crippen LogP contribution in [0.4, 0.5) is 0 Å². The fourth-order valence-corrected chi connectivity index (χ4v) is 3.26. The van der Waals surface area contributed by atoms with Gasteiger partial charge in [0.2, 0.25) is 5.89 Å². The van der Waals surface area contributed by atoms with Crippen molar-refractivity contribution in [3.63, 3.8) is 0 Å². The van der Waals surface area contributed by atoms with Gasteiger partial charge in [-0.15, -0.1) is 0 Å². The van der Waals surface area contributed by atoms with Crippen molar-refractivity contribution < 1.29 is 4.52 Å². The third-order valence-corrected chi connectivity index (χ3v) is 4.82. The third kappa shape index (κ3) is 2.07. The number of aromatic nitrogens is 2. The molecule has 100 valence electrons. The van der Waals surface area contributed by atoms with E-state index in [4.69, 9.17) is 10.3 Å². The molecule has 0 bridgehead atoms. The Balaban J connectivity index is 1.76. The molecule has 0 unspecified atom stereocenters. The lowest BCUT2D eigenvalue weighted by atomic mass is 9.69. The molecule has 1 heterocycles. The number of nitrogens with zero attached hydrogens (tertiary/aromatic N) is 2. The van der Waals surface area contributed by atoms with Crippen molar-refractivity contribution in [2.24, 2.45) is 5.73 Å². The van der Waals surface area contributed by atoms with Gasteiger partial charge in [-0.25, -0.2) is 0 Å². The summed E-state index contributed by atoms with van der Waals surface area (Å²) in [6, 6.07) is 0. The fourth-order valence-electron chi connectivity index (χ4n) is 3.26. The number of rotatable bonds is 3. The van der Waals surface area contributed by atoms with Crippen LogP contribution >= 0.6 is 0 Å². The summed E-state index contributed by atoms with van der Waals surface area (Å²) in [6.07, 6.45) is 11.2. The Bertz CT molecular complexity index is 384. The summed E-state index contributed by atoms with van der Waals surface area (Å²) in [5.41, 5.74) is 5.90. The lowest BCUT2D eigenvalue weighted by Crippen LogP contribution is -2.41. The van der Waals surface area contributed by atoms with Gasteiger partial charge in [0.1, 0.15) is 0 Å². The van der Waals surface area contributed by atoms with E-state index in [0.717, 1.165) is 24.6 Å². The number of hydrogen-bond donors (Lipinski definition) is 1. The summed E-state index contributed by atoms with van der Waals surface area (Å²) >= 11 is 0. The normalized spacial score (nSPS) is 24.5. The highest BCUT2D eigenvalue weighted by molar-refractivity contribution is 5.12. The highest BCUT2D eigenvalue weighted by Crippen LogP contribution is 2.42. The Hall–Kier alpha value is -0.900. The Morgan fingerprint density at radius 2 is 1.83 bits per heavy atom. The molecule has 18 heavy (non-hydrogen) atoms. The van der Waals surface area contributed by atoms with E-state index in [1.165, 1.54) is 44.9 Å². The molecular formula is C14H23N3O. The van der Waals surface area contributed by atoms with Crippen LogP contribution in [0.1, 0.15) is 75.4 Å². The topological polar surface area (TPSA) is 64.9 Å². The maximum Gasteiger partial charge on any atom is 0.234 e. The molecule has 2 fully saturated rings. The van der Waals surface area contributed by atoms with Gasteiger partial charge >= 0.3 is 0 Å². The van der Waals surface area contributed by atoms with Crippen LogP contribution in [0.3, 0.4) is 0 Å². The van der Waals surface area contributed by atoms with Gasteiger partial charge < -0.3 is 10.3 Å². The van der Waals surface area contributed by atoms with Crippen molar-refractivity contribution in [3.8, 4) is 0 Å². The summed E-state index contributed by atoms with van der Waals surface area (Å²) in [7, 11) is 0. The predicted octanol–water partition coefficient (Wildman–Crippen LogP) is 2.89. The Morgan fingerprint density at radius 1 is 1.11 bits per heavy atom. The average molecular weight is 249 g/mol. The van der Waals surface area contributed by atoms with Crippen molar-refractivity contribution in [1.82, 2.24) is 10.1 Å². The molecule has 0 atom stereocenters. The van der Waals surface area contributed by atoms with E-state index in [9.17, 15) is 0 Å². The van der Waals surface area contributed by atoms with E-state index in [2.05, 4.69) is 10.1 Å². The second-order valence-electron chi connectivity index (χ2n) is 5.98. The summed E-state index contributed by atoms with van der Waals surface area (Å²) in [4.78, 5) is 4.68. The summed E-state index contributed by atoms with van der Waals surface area (Å²) in [5.74, 6) is 2.25. The Morgan fingerprint density at radius 3 is 2.39 bits per heavy atom. The van der Waals surface area contributed by atoms with E-state index in [1.54, 1.807) is 0 Å². The molecule has 2 N–H and O–H groups in total. The SMILES string of the molecule is NCC1(c2nc(C3CCCCCC3)no2)CCC1. The molecule has 0 saturated heterocycles. The molecule has 2 aliphatic rings. The van der Waals surface area contributed by atoms with E-state index in [0.29, 0.717) is 12.5 Å². The maximum atomic E-state index is 5.89. The van der Waals surface area contributed by atoms with Crippen LogP contribution in [0.25, 0.3) is 0 Å². The zero-order valence-electron chi connectivity index (χ0n) is 11.0. The quantitative estimate of drug-likeness (QED) is 0.836. The lowest BCUT2D eigenvalue weighted by Gasteiger charge is -2.36. The summed E-state index contributed by atoms with van der Waals surface area (Å²) in [6.45, 7) is 0.638. The average Bonchev–Trinajstić information content (AvgIpc) is 2.65. The smallest absolute Gasteiger partial charge is 0.234 e. The third-order valence-electron chi connectivity index (χ3n) is 4.82. The molecule has 0 spiro atoms. The second-order valence-corrected chi connectivity index (χ2v) is 5.98. The van der Waals surface area contributed by atoms with Gasteiger partial charge in [0.15, 0.2) is 5.82 Å². The molecule has 3 rings (SSSR count). The summed E-state index contributed by atoms with van der Waals surface area (Å²) < 4.78 is 5.52. The van der Waals surface area contributed by atoms with Crippen LogP contribution in [0, 0.1) is 0 Å². The van der Waals surface area contributed by atoms with Crippen LogP contribution in [0.2, 0.25) is 0 Å². The van der Waals surface area contributed by atoms with Crippen LogP contribution in [0.15, 0.2) is 4.52 Å². The van der Waals surface area contributed by atoms with Gasteiger partial charge in [0, 0.05) is 12.5 Å². The molecule has 4 heteroatoms. The lowest BCUT2D eigenvalue weighted by molar-refractivity contribution is 0.181. The minimum atomic E-state index is 0.00990. The van der Waals surface area contributed by atoms with Crippen molar-refractivity contribution in [3.05, 3.63) is 11.7 Å². The van der Waals surface area contributed by atoms with Gasteiger partial charge in [0.05, 0.1) is 5.41 Å². The van der Waals surface area contributed by atoms with Gasteiger partial charge in [-0.05, 0) is 25.7 Å². The van der Waals surface area contributed by atoms with Crippen molar-refractivity contribution in [1.29, 1.82) is 0 Å². The first-order valence-electron chi connectivity index (χ1n) is 7.38. The van der Waals surface area contributed by atoms with E-state index in [-0.39, 0.29) is 5.41 Å². The van der Waals surface area contributed by atoms with Gasteiger partial charge in [-0.1, -0.05) is 37.3 Å². The maximum absolute atomic E-state index is 5.89. The minimum absolute atomic E-state index is 0.00990. The minimum Gasteiger partial charge on any atom is -0.339 e. The number of nitrogens with two attached hydrogens (primary N) is 1. The molecule has 0 aromatic carbocycles. The van der Waals surface area contributed by atoms with Gasteiger partial charge in [-0.2, -0.15) is 4.98 Å². The molecule has 2 aliphatic carbocycles. The molecule has 2 saturated carbocycles. The van der Waals surface area contributed by atoms with Crippen molar-refractivity contribution in [2.45, 2.75) is 69.1 Å². The Kier molecular flexibility index (Phi) is 3.37. The molecule has 1 aromatic rings. The fraction of sp³-hybridized carbons (Fsp3) is 0.857. The predicted molar refractivity (Wildman–Crippen MR) is 69.3 cm³/mol. The standard InChI is InChI=1S/C14H23N3O/c15-10-14(8-5-9-14)13-16-12(17-18-13)11-6-3-1-2-4-7-11/h11H,1-10,15H2. The first-order chi connectivity index (χ1) is 8.84. The van der Waals surface area contributed by atoms with E-state index >= 15 is 0 Å². The second kappa shape index (κ2) is 5.00. The van der Waals surface area contributed by atoms with Crippen molar-refractivity contribution in [2.75, 3.05) is 6.54 Å². The monoisotopic (exact) mass is 249 g/mol. The van der Waals surface area contributed by atoms with E-state index < -0.39 is 0 Å². The molecular weight excluding hydrogens is 226 g/mol. The van der Waals surface area contributed by atoms with Gasteiger partial charge in [-0.3, -0.25) is 0 Å². The zero-order valence-corrected chi connectivity index (χ0v) is 11.0. The molecule has 4 nitrogen and oxygen atoms in total. The zero-order chi connectivity index (χ0) is 12.4. The van der Waals surface area contributed by atoms with Crippen LogP contribution < -0.4 is 5.73 Å². The largest absolute Gasteiger partial charge is 0.339 e. The van der Waals surface area contributed by atoms with Crippen molar-refractivity contribution >= 4 is 0 Å². The molecule has 1 aromatic heterocycles. The summed E-state index contributed by atoms with van der Waals surface area (Å²) in [5, 5.41) is 4.24. The first kappa shape index (κ1) is 12.2. The molecule has 0 aliphatic heterocycles. The number of hydrogen-bond acceptors (Lipinski definition) is 4. The van der Waals surface area contributed by atoms with Crippen LogP contribution in [-0.4, -0.2) is 16.7 Å². The molecule has 0 radical (unpaired) electrons. The molecule has 0 amide bonds. The van der Waals surface area contributed by atoms with Crippen LogP contribution in [0.5, 0.6) is 0 Å². The van der Waals surface area contributed by atoms with Gasteiger partial charge in [0.25, 0.3) is 0 Å². The highest BCUT2D eigenvalue weighted by Gasteiger charge is 2.42. The Labute approximate surface area is 108 Å². The first-order valence-corrected chi connectivity index (χ1v) is 7.38. The van der Waals surface area contributed by atoms with E-state index in [1.807, 2.05) is 0 Å². The highest BCUT2D eigenvalue weighted by atomic mass is 16.5.